The third-order valence-corrected chi connectivity index (χ3v) is 5.69. The quantitative estimate of drug-likeness (QED) is 0.204. The fraction of sp³-hybridized carbons (Fsp3) is 0.696. The molecule has 0 spiro atoms. The van der Waals surface area contributed by atoms with Gasteiger partial charge in [-0.2, -0.15) is 0 Å². The van der Waals surface area contributed by atoms with Gasteiger partial charge in [0.2, 0.25) is 0 Å². The van der Waals surface area contributed by atoms with E-state index in [9.17, 15) is 0 Å². The Morgan fingerprint density at radius 2 is 1.83 bits per heavy atom. The van der Waals surface area contributed by atoms with Crippen molar-refractivity contribution in [2.45, 2.75) is 45.3 Å². The van der Waals surface area contributed by atoms with E-state index in [-0.39, 0.29) is 24.0 Å². The first kappa shape index (κ1) is 27.1. The Labute approximate surface area is 200 Å². The Hall–Kier alpha value is -0.900. The van der Waals surface area contributed by atoms with E-state index in [4.69, 9.17) is 9.47 Å². The van der Waals surface area contributed by atoms with Crippen molar-refractivity contribution in [2.75, 3.05) is 60.1 Å². The van der Waals surface area contributed by atoms with Crippen molar-refractivity contribution in [1.82, 2.24) is 15.1 Å². The molecule has 1 saturated heterocycles. The molecule has 1 N–H and O–H groups in total. The Kier molecular flexibility index (Phi) is 14.3. The van der Waals surface area contributed by atoms with Crippen LogP contribution >= 0.6 is 24.0 Å². The summed E-state index contributed by atoms with van der Waals surface area (Å²) >= 11 is 0. The van der Waals surface area contributed by atoms with E-state index < -0.39 is 0 Å². The molecule has 0 saturated carbocycles. The molecule has 30 heavy (non-hydrogen) atoms. The van der Waals surface area contributed by atoms with Crippen molar-refractivity contribution in [3.8, 4) is 0 Å². The van der Waals surface area contributed by atoms with Gasteiger partial charge < -0.3 is 19.7 Å². The Morgan fingerprint density at radius 1 is 1.17 bits per heavy atom. The fourth-order valence-corrected chi connectivity index (χ4v) is 4.01. The SMILES string of the molecule is CCN(CC)C(CNC(=NC)N1CCC(OCCCOC)CC1)c1ccccc1.I. The summed E-state index contributed by atoms with van der Waals surface area (Å²) in [7, 11) is 3.62. The van der Waals surface area contributed by atoms with Crippen LogP contribution in [-0.2, 0) is 9.47 Å². The number of rotatable bonds is 11. The highest BCUT2D eigenvalue weighted by Gasteiger charge is 2.23. The summed E-state index contributed by atoms with van der Waals surface area (Å²) in [6.07, 6.45) is 3.41. The number of nitrogens with one attached hydrogen (secondary N) is 1. The van der Waals surface area contributed by atoms with Gasteiger partial charge in [0, 0.05) is 47.0 Å². The summed E-state index contributed by atoms with van der Waals surface area (Å²) in [6.45, 7) is 10.9. The second-order valence-electron chi connectivity index (χ2n) is 7.48. The van der Waals surface area contributed by atoms with Gasteiger partial charge in [-0.25, -0.2) is 0 Å². The van der Waals surface area contributed by atoms with Gasteiger partial charge in [0.05, 0.1) is 12.1 Å². The number of benzene rings is 1. The molecule has 1 heterocycles. The van der Waals surface area contributed by atoms with Gasteiger partial charge in [-0.15, -0.1) is 24.0 Å². The zero-order chi connectivity index (χ0) is 20.9. The van der Waals surface area contributed by atoms with Crippen LogP contribution in [0.25, 0.3) is 0 Å². The highest BCUT2D eigenvalue weighted by Crippen LogP contribution is 2.20. The minimum Gasteiger partial charge on any atom is -0.385 e. The molecule has 1 aliphatic heterocycles. The van der Waals surface area contributed by atoms with Crippen molar-refractivity contribution in [2.24, 2.45) is 4.99 Å². The summed E-state index contributed by atoms with van der Waals surface area (Å²) in [5.41, 5.74) is 1.35. The highest BCUT2D eigenvalue weighted by atomic mass is 127. The summed E-state index contributed by atoms with van der Waals surface area (Å²) in [5, 5.41) is 3.64. The van der Waals surface area contributed by atoms with Crippen LogP contribution in [0.5, 0.6) is 0 Å². The van der Waals surface area contributed by atoms with E-state index in [0.29, 0.717) is 12.1 Å². The van der Waals surface area contributed by atoms with Crippen LogP contribution in [0, 0.1) is 0 Å². The van der Waals surface area contributed by atoms with Gasteiger partial charge in [-0.1, -0.05) is 44.2 Å². The minimum absolute atomic E-state index is 0. The Bertz CT molecular complexity index is 576. The smallest absolute Gasteiger partial charge is 0.193 e. The second-order valence-corrected chi connectivity index (χ2v) is 7.48. The fourth-order valence-electron chi connectivity index (χ4n) is 4.01. The lowest BCUT2D eigenvalue weighted by Crippen LogP contribution is -2.49. The molecular weight excluding hydrogens is 491 g/mol. The number of nitrogens with zero attached hydrogens (tertiary/aromatic N) is 3. The lowest BCUT2D eigenvalue weighted by Gasteiger charge is -2.36. The van der Waals surface area contributed by atoms with Crippen molar-refractivity contribution < 1.29 is 9.47 Å². The largest absolute Gasteiger partial charge is 0.385 e. The maximum Gasteiger partial charge on any atom is 0.193 e. The van der Waals surface area contributed by atoms with Crippen molar-refractivity contribution in [1.29, 1.82) is 0 Å². The molecule has 7 heteroatoms. The Morgan fingerprint density at radius 3 is 2.40 bits per heavy atom. The molecule has 1 aliphatic rings. The van der Waals surface area contributed by atoms with Gasteiger partial charge in [0.1, 0.15) is 0 Å². The maximum absolute atomic E-state index is 5.99. The van der Waals surface area contributed by atoms with Crippen LogP contribution in [0.1, 0.15) is 44.7 Å². The minimum atomic E-state index is 0. The van der Waals surface area contributed by atoms with Crippen molar-refractivity contribution in [3.63, 3.8) is 0 Å². The van der Waals surface area contributed by atoms with E-state index in [2.05, 4.69) is 64.3 Å². The van der Waals surface area contributed by atoms with E-state index in [1.807, 2.05) is 7.05 Å². The first-order valence-corrected chi connectivity index (χ1v) is 11.1. The first-order valence-electron chi connectivity index (χ1n) is 11.1. The monoisotopic (exact) mass is 532 g/mol. The van der Waals surface area contributed by atoms with Crippen LogP contribution in [0.4, 0.5) is 0 Å². The number of hydrogen-bond donors (Lipinski definition) is 1. The molecule has 1 unspecified atom stereocenters. The average molecular weight is 533 g/mol. The predicted octanol–water partition coefficient (Wildman–Crippen LogP) is 3.78. The number of methoxy groups -OCH3 is 1. The number of likely N-dealkylation sites (tertiary alicyclic amines) is 1. The molecule has 0 radical (unpaired) electrons. The van der Waals surface area contributed by atoms with Gasteiger partial charge in [-0.3, -0.25) is 9.89 Å². The van der Waals surface area contributed by atoms with Crippen LogP contribution in [0.2, 0.25) is 0 Å². The summed E-state index contributed by atoms with van der Waals surface area (Å²) in [6, 6.07) is 11.1. The molecule has 2 rings (SSSR count). The van der Waals surface area contributed by atoms with Gasteiger partial charge >= 0.3 is 0 Å². The van der Waals surface area contributed by atoms with Crippen LogP contribution in [-0.4, -0.2) is 82.0 Å². The Balaban J connectivity index is 0.00000450. The number of ether oxygens (including phenoxy) is 2. The molecule has 1 fully saturated rings. The molecule has 0 bridgehead atoms. The summed E-state index contributed by atoms with van der Waals surface area (Å²) < 4.78 is 11.1. The molecule has 0 aliphatic carbocycles. The number of guanidine groups is 1. The molecule has 172 valence electrons. The third-order valence-electron chi connectivity index (χ3n) is 5.69. The second kappa shape index (κ2) is 15.8. The lowest BCUT2D eigenvalue weighted by molar-refractivity contribution is 0.00985. The van der Waals surface area contributed by atoms with Crippen LogP contribution < -0.4 is 5.32 Å². The summed E-state index contributed by atoms with van der Waals surface area (Å²) in [4.78, 5) is 9.41. The maximum atomic E-state index is 5.99. The zero-order valence-corrected chi connectivity index (χ0v) is 21.5. The average Bonchev–Trinajstić information content (AvgIpc) is 2.78. The zero-order valence-electron chi connectivity index (χ0n) is 19.2. The van der Waals surface area contributed by atoms with Crippen molar-refractivity contribution >= 4 is 29.9 Å². The topological polar surface area (TPSA) is 49.3 Å². The molecule has 1 aromatic carbocycles. The van der Waals surface area contributed by atoms with E-state index in [1.165, 1.54) is 5.56 Å². The predicted molar refractivity (Wildman–Crippen MR) is 136 cm³/mol. The summed E-state index contributed by atoms with van der Waals surface area (Å²) in [5.74, 6) is 0.996. The van der Waals surface area contributed by atoms with E-state index in [1.54, 1.807) is 7.11 Å². The molecule has 1 aromatic rings. The van der Waals surface area contributed by atoms with E-state index in [0.717, 1.165) is 71.2 Å². The molecular formula is C23H41IN4O2. The molecule has 0 amide bonds. The van der Waals surface area contributed by atoms with Gasteiger partial charge in [0.15, 0.2) is 5.96 Å². The molecule has 1 atom stereocenters. The number of aliphatic imine (C=N–C) groups is 1. The van der Waals surface area contributed by atoms with Gasteiger partial charge in [0.25, 0.3) is 0 Å². The number of likely N-dealkylation sites (N-methyl/N-ethyl adjacent to an activating group) is 1. The number of halogens is 1. The highest BCUT2D eigenvalue weighted by molar-refractivity contribution is 14.0. The normalized spacial score (nSPS) is 16.4. The standard InChI is InChI=1S/C23H40N4O2.HI/c1-5-26(6-2)22(20-11-8-7-9-12-20)19-25-23(24-3)27-15-13-21(14-16-27)29-18-10-17-28-4;/h7-9,11-12,21-22H,5-6,10,13-19H2,1-4H3,(H,24,25);1H. The molecule has 6 nitrogen and oxygen atoms in total. The van der Waals surface area contributed by atoms with Crippen LogP contribution in [0.15, 0.2) is 35.3 Å². The van der Waals surface area contributed by atoms with Gasteiger partial charge in [-0.05, 0) is 37.9 Å². The number of piperidine rings is 1. The molecule has 0 aromatic heterocycles. The lowest BCUT2D eigenvalue weighted by atomic mass is 10.0. The van der Waals surface area contributed by atoms with E-state index >= 15 is 0 Å². The number of hydrogen-bond acceptors (Lipinski definition) is 4. The van der Waals surface area contributed by atoms with Crippen LogP contribution in [0.3, 0.4) is 0 Å². The first-order chi connectivity index (χ1) is 14.2. The van der Waals surface area contributed by atoms with Crippen molar-refractivity contribution in [3.05, 3.63) is 35.9 Å². The third kappa shape index (κ3) is 8.69.